The molecule has 1 aliphatic heterocycles. The van der Waals surface area contributed by atoms with Gasteiger partial charge in [0.1, 0.15) is 5.82 Å². The van der Waals surface area contributed by atoms with Crippen molar-refractivity contribution in [3.8, 4) is 22.8 Å². The molecule has 3 N–H and O–H groups in total. The second-order valence-corrected chi connectivity index (χ2v) is 11.6. The maximum Gasteiger partial charge on any atom is 0.319 e. The molecule has 2 fully saturated rings. The first-order chi connectivity index (χ1) is 17.8. The van der Waals surface area contributed by atoms with Crippen LogP contribution in [-0.2, 0) is 9.84 Å². The molecule has 3 aromatic rings. The number of carbonyl (C=O) groups is 1. The number of hydrogen-bond donors (Lipinski definition) is 3. The average molecular weight is 523 g/mol. The van der Waals surface area contributed by atoms with Crippen molar-refractivity contribution < 1.29 is 18.4 Å². The Balaban J connectivity index is 1.52. The number of carbonyl (C=O) groups excluding carboxylic acids is 1. The number of urea groups is 1. The Labute approximate surface area is 216 Å². The van der Waals surface area contributed by atoms with Crippen molar-refractivity contribution in [1.29, 1.82) is 0 Å². The molecule has 2 aliphatic rings. The van der Waals surface area contributed by atoms with Gasteiger partial charge >= 0.3 is 6.03 Å². The van der Waals surface area contributed by atoms with Crippen LogP contribution in [0.4, 0.5) is 10.5 Å². The fraction of sp³-hybridized carbons (Fsp3) is 0.385. The van der Waals surface area contributed by atoms with Crippen LogP contribution in [0.2, 0.25) is 0 Å². The van der Waals surface area contributed by atoms with E-state index in [2.05, 4.69) is 15.6 Å². The van der Waals surface area contributed by atoms with Crippen molar-refractivity contribution in [1.82, 2.24) is 25.3 Å². The average Bonchev–Trinajstić information content (AvgIpc) is 3.71. The highest BCUT2D eigenvalue weighted by atomic mass is 32.2. The predicted octanol–water partition coefficient (Wildman–Crippen LogP) is 3.85. The summed E-state index contributed by atoms with van der Waals surface area (Å²) in [5.41, 5.74) is 1.78. The highest BCUT2D eigenvalue weighted by molar-refractivity contribution is 7.90. The number of anilines is 1. The molecule has 10 nitrogen and oxygen atoms in total. The van der Waals surface area contributed by atoms with Crippen LogP contribution >= 0.6 is 0 Å². The Kier molecular flexibility index (Phi) is 7.18. The third-order valence-corrected chi connectivity index (χ3v) is 7.72. The number of nitrogens with one attached hydrogen (secondary N) is 2. The highest BCUT2D eigenvalue weighted by Gasteiger charge is 2.25. The minimum absolute atomic E-state index is 0.00453. The molecule has 1 saturated heterocycles. The largest absolute Gasteiger partial charge is 0.335 e. The summed E-state index contributed by atoms with van der Waals surface area (Å²) in [6.07, 6.45) is 5.45. The first-order valence-corrected chi connectivity index (χ1v) is 14.3. The minimum Gasteiger partial charge on any atom is -0.335 e. The van der Waals surface area contributed by atoms with Gasteiger partial charge in [0.2, 0.25) is 0 Å². The van der Waals surface area contributed by atoms with E-state index >= 15 is 0 Å². The van der Waals surface area contributed by atoms with Gasteiger partial charge in [0.05, 0.1) is 4.90 Å². The molecule has 194 valence electrons. The first kappa shape index (κ1) is 25.2. The number of hydroxylamine groups is 2. The molecule has 1 unspecified atom stereocenters. The van der Waals surface area contributed by atoms with E-state index in [1.165, 1.54) is 11.3 Å². The van der Waals surface area contributed by atoms with E-state index < -0.39 is 9.84 Å². The molecule has 1 atom stereocenters. The summed E-state index contributed by atoms with van der Waals surface area (Å²) in [6, 6.07) is 13.9. The molecule has 1 saturated carbocycles. The fourth-order valence-electron chi connectivity index (χ4n) is 4.42. The number of amides is 2. The normalized spacial score (nSPS) is 18.7. The Morgan fingerprint density at radius 2 is 1.68 bits per heavy atom. The van der Waals surface area contributed by atoms with E-state index in [1.54, 1.807) is 36.4 Å². The van der Waals surface area contributed by atoms with Crippen LogP contribution in [0.5, 0.6) is 0 Å². The van der Waals surface area contributed by atoms with Crippen LogP contribution in [0.3, 0.4) is 0 Å². The number of rotatable bonds is 6. The maximum atomic E-state index is 12.5. The van der Waals surface area contributed by atoms with E-state index in [-0.39, 0.29) is 28.7 Å². The lowest BCUT2D eigenvalue weighted by atomic mass is 9.99. The van der Waals surface area contributed by atoms with Crippen LogP contribution in [0.25, 0.3) is 22.8 Å². The molecule has 2 heterocycles. The van der Waals surface area contributed by atoms with E-state index in [4.69, 9.17) is 9.97 Å². The molecule has 11 heteroatoms. The summed E-state index contributed by atoms with van der Waals surface area (Å²) < 4.78 is 25.0. The van der Waals surface area contributed by atoms with Gasteiger partial charge in [0.25, 0.3) is 0 Å². The van der Waals surface area contributed by atoms with Gasteiger partial charge in [-0.15, -0.1) is 0 Å². The van der Waals surface area contributed by atoms with Crippen LogP contribution in [0.15, 0.2) is 53.4 Å². The van der Waals surface area contributed by atoms with Crippen molar-refractivity contribution in [2.45, 2.75) is 49.0 Å². The summed E-state index contributed by atoms with van der Waals surface area (Å²) in [6.45, 7) is 1.09. The van der Waals surface area contributed by atoms with Gasteiger partial charge in [-0.25, -0.2) is 28.2 Å². The number of hydrogen-bond acceptors (Lipinski definition) is 8. The Morgan fingerprint density at radius 1 is 0.946 bits per heavy atom. The van der Waals surface area contributed by atoms with Gasteiger partial charge < -0.3 is 15.8 Å². The molecule has 0 radical (unpaired) electrons. The van der Waals surface area contributed by atoms with Crippen LogP contribution < -0.4 is 10.6 Å². The molecule has 0 bridgehead atoms. The van der Waals surface area contributed by atoms with E-state index in [0.717, 1.165) is 25.7 Å². The molecule has 2 aromatic carbocycles. The second-order valence-electron chi connectivity index (χ2n) is 9.64. The zero-order valence-electron chi connectivity index (χ0n) is 20.6. The first-order valence-electron chi connectivity index (χ1n) is 12.4. The van der Waals surface area contributed by atoms with Crippen molar-refractivity contribution in [3.63, 3.8) is 0 Å². The Bertz CT molecular complexity index is 1390. The second kappa shape index (κ2) is 10.5. The Hall–Kier alpha value is -3.41. The monoisotopic (exact) mass is 522 g/mol. The molecule has 5 rings (SSSR count). The van der Waals surface area contributed by atoms with Crippen molar-refractivity contribution in [3.05, 3.63) is 54.4 Å². The molecule has 1 aliphatic carbocycles. The molecule has 37 heavy (non-hydrogen) atoms. The molecule has 2 amide bonds. The number of nitrogens with zero attached hydrogens (tertiary/aromatic N) is 4. The van der Waals surface area contributed by atoms with Crippen molar-refractivity contribution in [2.75, 3.05) is 24.7 Å². The fourth-order valence-corrected chi connectivity index (χ4v) is 5.31. The van der Waals surface area contributed by atoms with Crippen molar-refractivity contribution in [2.24, 2.45) is 0 Å². The van der Waals surface area contributed by atoms with Gasteiger partial charge in [0.15, 0.2) is 21.5 Å². The van der Waals surface area contributed by atoms with Crippen LogP contribution in [0.1, 0.15) is 43.8 Å². The maximum absolute atomic E-state index is 12.5. The predicted molar refractivity (Wildman–Crippen MR) is 139 cm³/mol. The van der Waals surface area contributed by atoms with Gasteiger partial charge in [-0.05, 0) is 68.5 Å². The topological polar surface area (TPSA) is 137 Å². The van der Waals surface area contributed by atoms with Gasteiger partial charge in [-0.2, -0.15) is 5.06 Å². The van der Waals surface area contributed by atoms with Crippen molar-refractivity contribution >= 4 is 21.6 Å². The van der Waals surface area contributed by atoms with E-state index in [9.17, 15) is 18.4 Å². The number of benzene rings is 2. The molecule has 1 aromatic heterocycles. The number of sulfone groups is 1. The summed E-state index contributed by atoms with van der Waals surface area (Å²) in [4.78, 5) is 26.4. The lowest BCUT2D eigenvalue weighted by Gasteiger charge is -2.16. The third kappa shape index (κ3) is 6.30. The molecular formula is C26H30N6O4S. The standard InChI is InChI=1S/C26H30N6O4S/c1-37(35,36)22-7-3-2-6-21(22)25-30-23(17-5-4-15-32(34)16-14-17)29-24(31-25)18-8-10-19(11-9-18)27-26(33)28-20-12-13-20/h2-3,6-11,17,20,34H,4-5,12-16H2,1H3,(H2,27,28,33). The smallest absolute Gasteiger partial charge is 0.319 e. The summed E-state index contributed by atoms with van der Waals surface area (Å²) >= 11 is 0. The lowest BCUT2D eigenvalue weighted by Crippen LogP contribution is -2.30. The van der Waals surface area contributed by atoms with Gasteiger partial charge in [-0.3, -0.25) is 0 Å². The van der Waals surface area contributed by atoms with Gasteiger partial charge in [0, 0.05) is 48.1 Å². The van der Waals surface area contributed by atoms with Crippen LogP contribution in [-0.4, -0.2) is 65.1 Å². The summed E-state index contributed by atoms with van der Waals surface area (Å²) in [5, 5.41) is 17.0. The van der Waals surface area contributed by atoms with Gasteiger partial charge in [-0.1, -0.05) is 12.1 Å². The zero-order chi connectivity index (χ0) is 26.0. The highest BCUT2D eigenvalue weighted by Crippen LogP contribution is 2.31. The molecular weight excluding hydrogens is 492 g/mol. The number of aromatic nitrogens is 3. The zero-order valence-corrected chi connectivity index (χ0v) is 21.4. The summed E-state index contributed by atoms with van der Waals surface area (Å²) in [5.74, 6) is 1.28. The lowest BCUT2D eigenvalue weighted by molar-refractivity contribution is -0.0876. The third-order valence-electron chi connectivity index (χ3n) is 6.56. The van der Waals surface area contributed by atoms with E-state index in [0.29, 0.717) is 48.0 Å². The van der Waals surface area contributed by atoms with Crippen LogP contribution in [0, 0.1) is 0 Å². The quantitative estimate of drug-likeness (QED) is 0.444. The molecule has 0 spiro atoms. The SMILES string of the molecule is CS(=O)(=O)c1ccccc1-c1nc(-c2ccc(NC(=O)NC3CC3)cc2)nc(C2CCCN(O)CC2)n1. The summed E-state index contributed by atoms with van der Waals surface area (Å²) in [7, 11) is -3.52. The van der Waals surface area contributed by atoms with E-state index in [1.807, 2.05) is 12.1 Å². The minimum atomic E-state index is -3.52. The Morgan fingerprint density at radius 3 is 2.41 bits per heavy atom.